The molecule has 110 valence electrons. The van der Waals surface area contributed by atoms with Crippen LogP contribution in [0.25, 0.3) is 0 Å². The van der Waals surface area contributed by atoms with E-state index in [2.05, 4.69) is 41.9 Å². The summed E-state index contributed by atoms with van der Waals surface area (Å²) < 4.78 is 2.10. The van der Waals surface area contributed by atoms with Crippen molar-refractivity contribution in [2.75, 3.05) is 0 Å². The molecule has 0 saturated heterocycles. The van der Waals surface area contributed by atoms with Crippen LogP contribution in [-0.2, 0) is 13.0 Å². The Morgan fingerprint density at radius 3 is 2.65 bits per heavy atom. The maximum Gasteiger partial charge on any atom is 0.104 e. The van der Waals surface area contributed by atoms with E-state index in [-0.39, 0.29) is 5.54 Å². The lowest BCUT2D eigenvalue weighted by Gasteiger charge is -2.23. The second-order valence-electron chi connectivity index (χ2n) is 6.19. The van der Waals surface area contributed by atoms with Gasteiger partial charge in [-0.2, -0.15) is 10.4 Å². The Balaban J connectivity index is 1.90. The number of aromatic nitrogens is 2. The second-order valence-corrected chi connectivity index (χ2v) is 6.19. The molecule has 1 aliphatic rings. The minimum absolute atomic E-state index is 0.384. The highest BCUT2D eigenvalue weighted by atomic mass is 15.3. The van der Waals surface area contributed by atoms with Crippen LogP contribution in [0.15, 0.2) is 0 Å². The minimum atomic E-state index is -0.384. The van der Waals surface area contributed by atoms with Crippen molar-refractivity contribution >= 4 is 0 Å². The van der Waals surface area contributed by atoms with Crippen molar-refractivity contribution in [3.05, 3.63) is 17.0 Å². The molecule has 1 unspecified atom stereocenters. The van der Waals surface area contributed by atoms with Gasteiger partial charge in [0.2, 0.25) is 0 Å². The fraction of sp³-hybridized carbons (Fsp3) is 0.750. The molecule has 0 amide bonds. The number of nitrogens with one attached hydrogen (secondary N) is 1. The van der Waals surface area contributed by atoms with Crippen LogP contribution in [0.3, 0.4) is 0 Å². The first-order valence-electron chi connectivity index (χ1n) is 7.71. The fourth-order valence-corrected chi connectivity index (χ4v) is 2.88. The lowest BCUT2D eigenvalue weighted by molar-refractivity contribution is 0.384. The van der Waals surface area contributed by atoms with E-state index in [1.165, 1.54) is 24.1 Å². The molecule has 1 N–H and O–H groups in total. The Labute approximate surface area is 122 Å². The maximum absolute atomic E-state index is 9.37. The molecule has 2 rings (SSSR count). The SMILES string of the molecule is CCc1c(C)nn(CCCC(C)(C#N)NC2CC2)c1C. The van der Waals surface area contributed by atoms with Gasteiger partial charge >= 0.3 is 0 Å². The van der Waals surface area contributed by atoms with Crippen LogP contribution in [0.5, 0.6) is 0 Å². The highest BCUT2D eigenvalue weighted by molar-refractivity contribution is 5.24. The van der Waals surface area contributed by atoms with Crippen LogP contribution < -0.4 is 5.32 Å². The summed E-state index contributed by atoms with van der Waals surface area (Å²) in [6, 6.07) is 3.01. The normalized spacial score (nSPS) is 17.8. The molecule has 1 aliphatic carbocycles. The zero-order chi connectivity index (χ0) is 14.8. The van der Waals surface area contributed by atoms with Crippen LogP contribution >= 0.6 is 0 Å². The molecular weight excluding hydrogens is 248 g/mol. The van der Waals surface area contributed by atoms with Gasteiger partial charge in [-0.15, -0.1) is 0 Å². The molecule has 0 aliphatic heterocycles. The van der Waals surface area contributed by atoms with Gasteiger partial charge in [0.05, 0.1) is 11.8 Å². The Kier molecular flexibility index (Phi) is 4.49. The predicted molar refractivity (Wildman–Crippen MR) is 80.5 cm³/mol. The van der Waals surface area contributed by atoms with E-state index >= 15 is 0 Å². The first kappa shape index (κ1) is 15.1. The molecule has 4 nitrogen and oxygen atoms in total. The van der Waals surface area contributed by atoms with Gasteiger partial charge in [0.15, 0.2) is 0 Å². The third kappa shape index (κ3) is 3.40. The maximum atomic E-state index is 9.37. The number of hydrogen-bond acceptors (Lipinski definition) is 3. The number of hydrogen-bond donors (Lipinski definition) is 1. The van der Waals surface area contributed by atoms with Crippen molar-refractivity contribution in [1.29, 1.82) is 5.26 Å². The fourth-order valence-electron chi connectivity index (χ4n) is 2.88. The largest absolute Gasteiger partial charge is 0.297 e. The zero-order valence-electron chi connectivity index (χ0n) is 13.2. The summed E-state index contributed by atoms with van der Waals surface area (Å²) in [4.78, 5) is 0. The summed E-state index contributed by atoms with van der Waals surface area (Å²) in [5.74, 6) is 0. The van der Waals surface area contributed by atoms with E-state index in [1.807, 2.05) is 6.92 Å². The lowest BCUT2D eigenvalue weighted by Crippen LogP contribution is -2.42. The first-order valence-corrected chi connectivity index (χ1v) is 7.71. The zero-order valence-corrected chi connectivity index (χ0v) is 13.2. The Morgan fingerprint density at radius 1 is 1.45 bits per heavy atom. The minimum Gasteiger partial charge on any atom is -0.297 e. The van der Waals surface area contributed by atoms with E-state index in [4.69, 9.17) is 0 Å². The standard InChI is InChI=1S/C16H26N4/c1-5-15-12(2)19-20(13(15)3)10-6-9-16(4,11-17)18-14-7-8-14/h14,18H,5-10H2,1-4H3. The summed E-state index contributed by atoms with van der Waals surface area (Å²) in [5.41, 5.74) is 3.40. The van der Waals surface area contributed by atoms with Crippen molar-refractivity contribution in [2.45, 2.75) is 77.9 Å². The smallest absolute Gasteiger partial charge is 0.104 e. The molecule has 1 heterocycles. The van der Waals surface area contributed by atoms with Crippen LogP contribution in [0.4, 0.5) is 0 Å². The lowest BCUT2D eigenvalue weighted by atomic mass is 9.97. The van der Waals surface area contributed by atoms with E-state index in [0.717, 1.165) is 31.5 Å². The molecule has 1 aromatic rings. The van der Waals surface area contributed by atoms with Crippen molar-refractivity contribution < 1.29 is 0 Å². The molecule has 20 heavy (non-hydrogen) atoms. The van der Waals surface area contributed by atoms with Crippen molar-refractivity contribution in [1.82, 2.24) is 15.1 Å². The van der Waals surface area contributed by atoms with Gasteiger partial charge in [0, 0.05) is 18.3 Å². The highest BCUT2D eigenvalue weighted by Gasteiger charge is 2.32. The van der Waals surface area contributed by atoms with Crippen LogP contribution in [-0.4, -0.2) is 21.4 Å². The van der Waals surface area contributed by atoms with E-state index in [1.54, 1.807) is 0 Å². The van der Waals surface area contributed by atoms with Crippen molar-refractivity contribution in [3.8, 4) is 6.07 Å². The average Bonchev–Trinajstić information content (AvgIpc) is 3.17. The average molecular weight is 274 g/mol. The third-order valence-electron chi connectivity index (χ3n) is 4.28. The topological polar surface area (TPSA) is 53.6 Å². The van der Waals surface area contributed by atoms with Crippen molar-refractivity contribution in [2.24, 2.45) is 0 Å². The molecule has 1 atom stereocenters. The molecule has 1 saturated carbocycles. The Bertz CT molecular complexity index is 507. The molecule has 1 fully saturated rings. The third-order valence-corrected chi connectivity index (χ3v) is 4.28. The van der Waals surface area contributed by atoms with Gasteiger partial charge in [-0.25, -0.2) is 0 Å². The van der Waals surface area contributed by atoms with Crippen LogP contribution in [0.1, 0.15) is 56.5 Å². The van der Waals surface area contributed by atoms with E-state index in [0.29, 0.717) is 6.04 Å². The quantitative estimate of drug-likeness (QED) is 0.832. The number of rotatable bonds is 7. The number of nitrogens with zero attached hydrogens (tertiary/aromatic N) is 3. The van der Waals surface area contributed by atoms with Gasteiger partial charge < -0.3 is 0 Å². The molecule has 0 bridgehead atoms. The summed E-state index contributed by atoms with van der Waals surface area (Å²) >= 11 is 0. The molecule has 0 aromatic carbocycles. The molecular formula is C16H26N4. The van der Waals surface area contributed by atoms with Gasteiger partial charge in [0.1, 0.15) is 5.54 Å². The highest BCUT2D eigenvalue weighted by Crippen LogP contribution is 2.24. The van der Waals surface area contributed by atoms with Gasteiger partial charge in [-0.05, 0) is 58.4 Å². The van der Waals surface area contributed by atoms with Gasteiger partial charge in [-0.3, -0.25) is 10.00 Å². The van der Waals surface area contributed by atoms with Crippen LogP contribution in [0, 0.1) is 25.2 Å². The summed E-state index contributed by atoms with van der Waals surface area (Å²) in [5, 5.41) is 17.4. The van der Waals surface area contributed by atoms with E-state index < -0.39 is 0 Å². The molecule has 0 spiro atoms. The number of nitriles is 1. The number of aryl methyl sites for hydroxylation is 2. The second kappa shape index (κ2) is 5.97. The monoisotopic (exact) mass is 274 g/mol. The summed E-state index contributed by atoms with van der Waals surface area (Å²) in [6.45, 7) is 9.31. The van der Waals surface area contributed by atoms with Crippen LogP contribution in [0.2, 0.25) is 0 Å². The Hall–Kier alpha value is -1.34. The molecule has 4 heteroatoms. The predicted octanol–water partition coefficient (Wildman–Crippen LogP) is 2.88. The van der Waals surface area contributed by atoms with Gasteiger partial charge in [-0.1, -0.05) is 6.92 Å². The molecule has 1 aromatic heterocycles. The van der Waals surface area contributed by atoms with Crippen molar-refractivity contribution in [3.63, 3.8) is 0 Å². The Morgan fingerprint density at radius 2 is 2.15 bits per heavy atom. The van der Waals surface area contributed by atoms with E-state index in [9.17, 15) is 5.26 Å². The first-order chi connectivity index (χ1) is 9.49. The van der Waals surface area contributed by atoms with Gasteiger partial charge in [0.25, 0.3) is 0 Å². The summed E-state index contributed by atoms with van der Waals surface area (Å²) in [6.07, 6.45) is 5.33. The molecule has 0 radical (unpaired) electrons. The summed E-state index contributed by atoms with van der Waals surface area (Å²) in [7, 11) is 0.